The van der Waals surface area contributed by atoms with E-state index in [1.807, 2.05) is 6.92 Å². The minimum atomic E-state index is -3.81. The maximum absolute atomic E-state index is 14.3. The summed E-state index contributed by atoms with van der Waals surface area (Å²) < 4.78 is 44.1. The molecule has 1 saturated heterocycles. The van der Waals surface area contributed by atoms with Crippen molar-refractivity contribution >= 4 is 33.2 Å². The van der Waals surface area contributed by atoms with E-state index in [2.05, 4.69) is 29.2 Å². The molecule has 1 amide bonds. The zero-order valence-electron chi connectivity index (χ0n) is 16.1. The van der Waals surface area contributed by atoms with Crippen LogP contribution in [0.2, 0.25) is 5.02 Å². The molecule has 0 radical (unpaired) electrons. The monoisotopic (exact) mass is 440 g/mol. The summed E-state index contributed by atoms with van der Waals surface area (Å²) in [5.41, 5.74) is 1.82. The lowest BCUT2D eigenvalue weighted by Gasteiger charge is -2.27. The summed E-state index contributed by atoms with van der Waals surface area (Å²) in [6.07, 6.45) is 2.76. The van der Waals surface area contributed by atoms with Crippen molar-refractivity contribution in [3.63, 3.8) is 0 Å². The predicted molar refractivity (Wildman–Crippen MR) is 111 cm³/mol. The Morgan fingerprint density at radius 1 is 1.31 bits per heavy atom. The number of rotatable bonds is 6. The molecular weight excluding hydrogens is 419 g/mol. The van der Waals surface area contributed by atoms with E-state index < -0.39 is 27.3 Å². The first-order valence-corrected chi connectivity index (χ1v) is 11.4. The van der Waals surface area contributed by atoms with Crippen LogP contribution in [-0.4, -0.2) is 39.8 Å². The third-order valence-corrected chi connectivity index (χ3v) is 5.57. The Kier molecular flexibility index (Phi) is 6.33. The van der Waals surface area contributed by atoms with Gasteiger partial charge in [-0.1, -0.05) is 29.3 Å². The second-order valence-corrected chi connectivity index (χ2v) is 9.26. The number of amides is 1. The molecule has 156 valence electrons. The summed E-state index contributed by atoms with van der Waals surface area (Å²) in [4.78, 5) is 14.1. The van der Waals surface area contributed by atoms with Crippen molar-refractivity contribution in [3.8, 4) is 5.75 Å². The topological polar surface area (TPSA) is 75.7 Å². The van der Waals surface area contributed by atoms with Gasteiger partial charge in [-0.2, -0.15) is 0 Å². The number of nitrogens with zero attached hydrogens (tertiary/aromatic N) is 1. The molecule has 0 unspecified atom stereocenters. The van der Waals surface area contributed by atoms with Crippen LogP contribution < -0.4 is 14.4 Å². The van der Waals surface area contributed by atoms with Crippen molar-refractivity contribution in [2.24, 2.45) is 0 Å². The van der Waals surface area contributed by atoms with Crippen LogP contribution in [-0.2, 0) is 10.0 Å². The van der Waals surface area contributed by atoms with Crippen molar-refractivity contribution in [1.29, 1.82) is 0 Å². The summed E-state index contributed by atoms with van der Waals surface area (Å²) in [6, 6.07) is 10.4. The average molecular weight is 441 g/mol. The molecule has 1 heterocycles. The number of hydrogen-bond donors (Lipinski definition) is 1. The molecule has 2 aromatic carbocycles. The Balaban J connectivity index is 1.71. The number of benzene rings is 2. The van der Waals surface area contributed by atoms with E-state index in [0.29, 0.717) is 6.61 Å². The number of ether oxygens (including phenoxy) is 1. The highest BCUT2D eigenvalue weighted by Crippen LogP contribution is 2.30. The van der Waals surface area contributed by atoms with Gasteiger partial charge < -0.3 is 9.64 Å². The zero-order chi connectivity index (χ0) is 21.2. The third-order valence-electron chi connectivity index (χ3n) is 4.72. The standard InChI is InChI=1S/C20H22ClFN2O4S/c1-13-5-7-14(8-6-13)24-9-3-4-15(24)12-28-19-11-18(22)16(10-17(19)21)20(25)23-29(2,26)27/h5-8,10-11,15H,3-4,9,12H2,1-2H3,(H,23,25)/t15-/m1/s1. The lowest BCUT2D eigenvalue weighted by atomic mass is 10.2. The molecule has 2 aromatic rings. The largest absolute Gasteiger partial charge is 0.490 e. The molecule has 1 aliphatic heterocycles. The van der Waals surface area contributed by atoms with Gasteiger partial charge in [0.25, 0.3) is 5.91 Å². The van der Waals surface area contributed by atoms with Crippen LogP contribution in [0.4, 0.5) is 10.1 Å². The van der Waals surface area contributed by atoms with Gasteiger partial charge in [-0.3, -0.25) is 4.79 Å². The van der Waals surface area contributed by atoms with Crippen molar-refractivity contribution in [2.75, 3.05) is 24.3 Å². The first kappa shape index (κ1) is 21.4. The van der Waals surface area contributed by atoms with Gasteiger partial charge in [-0.25, -0.2) is 17.5 Å². The summed E-state index contributed by atoms with van der Waals surface area (Å²) in [6.45, 7) is 3.25. The van der Waals surface area contributed by atoms with Crippen LogP contribution in [0.3, 0.4) is 0 Å². The number of hydrogen-bond acceptors (Lipinski definition) is 5. The first-order chi connectivity index (χ1) is 13.6. The molecule has 0 saturated carbocycles. The van der Waals surface area contributed by atoms with Gasteiger partial charge in [0.1, 0.15) is 18.2 Å². The van der Waals surface area contributed by atoms with Crippen LogP contribution in [0, 0.1) is 12.7 Å². The number of aryl methyl sites for hydroxylation is 1. The summed E-state index contributed by atoms with van der Waals surface area (Å²) in [5.74, 6) is -1.89. The van der Waals surface area contributed by atoms with E-state index in [9.17, 15) is 17.6 Å². The van der Waals surface area contributed by atoms with Gasteiger partial charge in [0, 0.05) is 18.3 Å². The van der Waals surface area contributed by atoms with E-state index in [0.717, 1.165) is 43.5 Å². The molecule has 0 bridgehead atoms. The van der Waals surface area contributed by atoms with Crippen LogP contribution in [0.1, 0.15) is 28.8 Å². The molecule has 3 rings (SSSR count). The molecule has 0 spiro atoms. The van der Waals surface area contributed by atoms with Crippen molar-refractivity contribution in [1.82, 2.24) is 4.72 Å². The van der Waals surface area contributed by atoms with Crippen LogP contribution in [0.25, 0.3) is 0 Å². The smallest absolute Gasteiger partial charge is 0.267 e. The average Bonchev–Trinajstić information content (AvgIpc) is 3.09. The highest BCUT2D eigenvalue weighted by atomic mass is 35.5. The van der Waals surface area contributed by atoms with Gasteiger partial charge >= 0.3 is 0 Å². The maximum Gasteiger partial charge on any atom is 0.267 e. The molecule has 29 heavy (non-hydrogen) atoms. The van der Waals surface area contributed by atoms with Gasteiger partial charge in [-0.05, 0) is 38.0 Å². The molecule has 1 N–H and O–H groups in total. The highest BCUT2D eigenvalue weighted by molar-refractivity contribution is 7.89. The molecule has 6 nitrogen and oxygen atoms in total. The summed E-state index contributed by atoms with van der Waals surface area (Å²) >= 11 is 6.14. The Morgan fingerprint density at radius 2 is 2.00 bits per heavy atom. The minimum Gasteiger partial charge on any atom is -0.490 e. The number of carbonyl (C=O) groups excluding carboxylic acids is 1. The minimum absolute atomic E-state index is 0.0323. The quantitative estimate of drug-likeness (QED) is 0.743. The second-order valence-electron chi connectivity index (χ2n) is 7.10. The van der Waals surface area contributed by atoms with Crippen LogP contribution in [0.15, 0.2) is 36.4 Å². The van der Waals surface area contributed by atoms with E-state index in [1.54, 1.807) is 4.72 Å². The Labute approximate surface area is 174 Å². The fourth-order valence-electron chi connectivity index (χ4n) is 3.31. The van der Waals surface area contributed by atoms with Crippen LogP contribution in [0.5, 0.6) is 5.75 Å². The molecule has 0 aliphatic carbocycles. The first-order valence-electron chi connectivity index (χ1n) is 9.11. The van der Waals surface area contributed by atoms with Gasteiger partial charge in [-0.15, -0.1) is 0 Å². The zero-order valence-corrected chi connectivity index (χ0v) is 17.7. The lowest BCUT2D eigenvalue weighted by molar-refractivity contribution is 0.0977. The molecular formula is C20H22ClFN2O4S. The van der Waals surface area contributed by atoms with Gasteiger partial charge in [0.05, 0.1) is 22.9 Å². The van der Waals surface area contributed by atoms with E-state index in [4.69, 9.17) is 16.3 Å². The maximum atomic E-state index is 14.3. The highest BCUT2D eigenvalue weighted by Gasteiger charge is 2.26. The van der Waals surface area contributed by atoms with E-state index in [1.165, 1.54) is 5.56 Å². The van der Waals surface area contributed by atoms with Crippen molar-refractivity contribution in [3.05, 3.63) is 58.4 Å². The Hall–Kier alpha value is -2.32. The number of sulfonamides is 1. The molecule has 1 atom stereocenters. The van der Waals surface area contributed by atoms with Crippen LogP contribution >= 0.6 is 11.6 Å². The van der Waals surface area contributed by atoms with Gasteiger partial charge in [0.2, 0.25) is 10.0 Å². The third kappa shape index (κ3) is 5.39. The number of carbonyl (C=O) groups is 1. The lowest BCUT2D eigenvalue weighted by Crippen LogP contribution is -2.34. The molecule has 1 aliphatic rings. The summed E-state index contributed by atoms with van der Waals surface area (Å²) in [7, 11) is -3.81. The molecule has 1 fully saturated rings. The van der Waals surface area contributed by atoms with Crippen molar-refractivity contribution in [2.45, 2.75) is 25.8 Å². The number of nitrogens with one attached hydrogen (secondary N) is 1. The molecule has 0 aromatic heterocycles. The van der Waals surface area contributed by atoms with E-state index >= 15 is 0 Å². The number of halogens is 2. The Bertz CT molecular complexity index is 1010. The second kappa shape index (κ2) is 8.59. The van der Waals surface area contributed by atoms with E-state index in [-0.39, 0.29) is 16.8 Å². The van der Waals surface area contributed by atoms with Gasteiger partial charge in [0.15, 0.2) is 0 Å². The predicted octanol–water partition coefficient (Wildman–Crippen LogP) is 3.52. The fraction of sp³-hybridized carbons (Fsp3) is 0.350. The molecule has 9 heteroatoms. The SMILES string of the molecule is Cc1ccc(N2CCC[C@@H]2COc2cc(F)c(C(=O)NS(C)(=O)=O)cc2Cl)cc1. The normalized spacial score (nSPS) is 16.7. The Morgan fingerprint density at radius 3 is 2.66 bits per heavy atom. The number of anilines is 1. The summed E-state index contributed by atoms with van der Waals surface area (Å²) in [5, 5.41) is 0.0323. The fourth-order valence-corrected chi connectivity index (χ4v) is 3.97. The van der Waals surface area contributed by atoms with Crippen molar-refractivity contribution < 1.29 is 22.3 Å².